The molecule has 1 saturated heterocycles. The fourth-order valence-corrected chi connectivity index (χ4v) is 4.19. The summed E-state index contributed by atoms with van der Waals surface area (Å²) in [4.78, 5) is 30.2. The number of hydrogen-bond donors (Lipinski definition) is 2. The second kappa shape index (κ2) is 12.3. The first-order valence-electron chi connectivity index (χ1n) is 12.0. The first-order valence-corrected chi connectivity index (χ1v) is 12.4. The summed E-state index contributed by atoms with van der Waals surface area (Å²) in [5.74, 6) is 0.0440. The number of piperazine rings is 1. The zero-order valence-corrected chi connectivity index (χ0v) is 21.1. The van der Waals surface area contributed by atoms with Crippen LogP contribution >= 0.6 is 12.2 Å². The molecule has 0 bridgehead atoms. The molecule has 3 aromatic carbocycles. The van der Waals surface area contributed by atoms with Crippen molar-refractivity contribution >= 4 is 34.8 Å². The van der Waals surface area contributed by atoms with Crippen molar-refractivity contribution in [2.45, 2.75) is 6.42 Å². The maximum absolute atomic E-state index is 13.1. The van der Waals surface area contributed by atoms with Gasteiger partial charge in [0.05, 0.1) is 23.4 Å². The van der Waals surface area contributed by atoms with E-state index in [4.69, 9.17) is 17.0 Å². The monoisotopic (exact) mass is 502 g/mol. The number of hydrogen-bond acceptors (Lipinski definition) is 5. The minimum Gasteiger partial charge on any atom is -0.492 e. The van der Waals surface area contributed by atoms with E-state index >= 15 is 0 Å². The number of rotatable bonds is 7. The van der Waals surface area contributed by atoms with Gasteiger partial charge in [-0.1, -0.05) is 54.6 Å². The zero-order valence-electron chi connectivity index (χ0n) is 20.3. The standard InChI is InChI=1S/C28H30N4O3S/c1-31-16-18-32(19-17-31)27(34)22-11-5-7-13-24(22)29-28(36)30-26(33)23-12-6-8-14-25(23)35-20-15-21-9-3-2-4-10-21/h2-14H,15-20H2,1H3,(H2,29,30,33,36). The van der Waals surface area contributed by atoms with Crippen LogP contribution in [0.25, 0.3) is 0 Å². The third kappa shape index (κ3) is 6.68. The quantitative estimate of drug-likeness (QED) is 0.479. The molecular formula is C28H30N4O3S. The fourth-order valence-electron chi connectivity index (χ4n) is 3.99. The second-order valence-electron chi connectivity index (χ2n) is 8.63. The Bertz CT molecular complexity index is 1210. The van der Waals surface area contributed by atoms with Gasteiger partial charge in [0.25, 0.3) is 11.8 Å². The number of benzene rings is 3. The Hall–Kier alpha value is -3.75. The molecule has 186 valence electrons. The molecule has 4 rings (SSSR count). The molecule has 0 radical (unpaired) electrons. The Balaban J connectivity index is 1.37. The molecule has 7 nitrogen and oxygen atoms in total. The number of thiocarbonyl (C=S) groups is 1. The number of amides is 2. The number of anilines is 1. The first-order chi connectivity index (χ1) is 17.5. The molecule has 2 amide bonds. The van der Waals surface area contributed by atoms with E-state index in [0.29, 0.717) is 42.3 Å². The molecule has 0 saturated carbocycles. The van der Waals surface area contributed by atoms with E-state index in [-0.39, 0.29) is 16.9 Å². The summed E-state index contributed by atoms with van der Waals surface area (Å²) >= 11 is 5.41. The molecule has 1 aliphatic rings. The molecule has 3 aromatic rings. The van der Waals surface area contributed by atoms with Crippen LogP contribution in [0.4, 0.5) is 5.69 Å². The summed E-state index contributed by atoms with van der Waals surface area (Å²) < 4.78 is 5.91. The van der Waals surface area contributed by atoms with Crippen LogP contribution in [0.5, 0.6) is 5.75 Å². The molecule has 2 N–H and O–H groups in total. The first kappa shape index (κ1) is 25.3. The molecule has 8 heteroatoms. The molecule has 0 unspecified atom stereocenters. The molecule has 1 heterocycles. The van der Waals surface area contributed by atoms with Gasteiger partial charge in [-0.05, 0) is 49.1 Å². The average molecular weight is 503 g/mol. The summed E-state index contributed by atoms with van der Waals surface area (Å²) in [7, 11) is 2.05. The van der Waals surface area contributed by atoms with Gasteiger partial charge < -0.3 is 19.9 Å². The molecule has 36 heavy (non-hydrogen) atoms. The number of nitrogens with zero attached hydrogens (tertiary/aromatic N) is 2. The van der Waals surface area contributed by atoms with Crippen molar-refractivity contribution in [1.29, 1.82) is 0 Å². The number of ether oxygens (including phenoxy) is 1. The Morgan fingerprint density at radius 2 is 1.50 bits per heavy atom. The molecule has 0 spiro atoms. The van der Waals surface area contributed by atoms with Crippen molar-refractivity contribution in [3.05, 3.63) is 95.6 Å². The van der Waals surface area contributed by atoms with Crippen molar-refractivity contribution in [1.82, 2.24) is 15.1 Å². The smallest absolute Gasteiger partial charge is 0.261 e. The number of likely N-dealkylation sites (N-methyl/N-ethyl adjacent to an activating group) is 1. The predicted octanol–water partition coefficient (Wildman–Crippen LogP) is 3.82. The lowest BCUT2D eigenvalue weighted by Gasteiger charge is -2.32. The summed E-state index contributed by atoms with van der Waals surface area (Å²) in [6.45, 7) is 3.46. The Kier molecular flexibility index (Phi) is 8.65. The fraction of sp³-hybridized carbons (Fsp3) is 0.250. The third-order valence-electron chi connectivity index (χ3n) is 6.05. The summed E-state index contributed by atoms with van der Waals surface area (Å²) in [6.07, 6.45) is 0.731. The lowest BCUT2D eigenvalue weighted by atomic mass is 10.1. The van der Waals surface area contributed by atoms with Gasteiger partial charge in [0, 0.05) is 32.6 Å². The van der Waals surface area contributed by atoms with Gasteiger partial charge >= 0.3 is 0 Å². The average Bonchev–Trinajstić information content (AvgIpc) is 2.90. The number of carbonyl (C=O) groups excluding carboxylic acids is 2. The van der Waals surface area contributed by atoms with Crippen LogP contribution in [0.3, 0.4) is 0 Å². The van der Waals surface area contributed by atoms with Crippen molar-refractivity contribution in [2.75, 3.05) is 45.2 Å². The van der Waals surface area contributed by atoms with Crippen molar-refractivity contribution < 1.29 is 14.3 Å². The minimum absolute atomic E-state index is 0.0579. The maximum atomic E-state index is 13.1. The highest BCUT2D eigenvalue weighted by atomic mass is 32.1. The summed E-state index contributed by atoms with van der Waals surface area (Å²) in [5, 5.41) is 5.85. The zero-order chi connectivity index (χ0) is 25.3. The van der Waals surface area contributed by atoms with Gasteiger partial charge in [-0.25, -0.2) is 0 Å². The number of nitrogens with one attached hydrogen (secondary N) is 2. The molecule has 1 aliphatic heterocycles. The Labute approximate surface area is 217 Å². The van der Waals surface area contributed by atoms with E-state index in [0.717, 1.165) is 25.1 Å². The third-order valence-corrected chi connectivity index (χ3v) is 6.25. The summed E-state index contributed by atoms with van der Waals surface area (Å²) in [6, 6.07) is 24.3. The highest BCUT2D eigenvalue weighted by Gasteiger charge is 2.23. The van der Waals surface area contributed by atoms with E-state index in [1.807, 2.05) is 60.5 Å². The van der Waals surface area contributed by atoms with Gasteiger partial charge in [-0.3, -0.25) is 14.9 Å². The van der Waals surface area contributed by atoms with Crippen LogP contribution in [0, 0.1) is 0 Å². The Morgan fingerprint density at radius 1 is 0.861 bits per heavy atom. The molecule has 1 fully saturated rings. The summed E-state index contributed by atoms with van der Waals surface area (Å²) in [5.41, 5.74) is 2.62. The van der Waals surface area contributed by atoms with Crippen LogP contribution in [0.1, 0.15) is 26.3 Å². The largest absolute Gasteiger partial charge is 0.492 e. The Morgan fingerprint density at radius 3 is 2.25 bits per heavy atom. The van der Waals surface area contributed by atoms with Crippen LogP contribution in [-0.4, -0.2) is 66.6 Å². The molecule has 0 atom stereocenters. The van der Waals surface area contributed by atoms with Gasteiger partial charge in [-0.15, -0.1) is 0 Å². The highest BCUT2D eigenvalue weighted by Crippen LogP contribution is 2.20. The number of para-hydroxylation sites is 2. The second-order valence-corrected chi connectivity index (χ2v) is 9.04. The van der Waals surface area contributed by atoms with Gasteiger partial charge in [0.1, 0.15) is 5.75 Å². The normalized spacial score (nSPS) is 13.6. The van der Waals surface area contributed by atoms with E-state index in [9.17, 15) is 9.59 Å². The SMILES string of the molecule is CN1CCN(C(=O)c2ccccc2NC(=S)NC(=O)c2ccccc2OCCc2ccccc2)CC1. The van der Waals surface area contributed by atoms with Crippen LogP contribution in [-0.2, 0) is 6.42 Å². The van der Waals surface area contributed by atoms with Crippen LogP contribution < -0.4 is 15.4 Å². The van der Waals surface area contributed by atoms with Crippen LogP contribution in [0.2, 0.25) is 0 Å². The van der Waals surface area contributed by atoms with Gasteiger partial charge in [0.15, 0.2) is 5.11 Å². The lowest BCUT2D eigenvalue weighted by Crippen LogP contribution is -2.47. The van der Waals surface area contributed by atoms with Crippen molar-refractivity contribution in [3.63, 3.8) is 0 Å². The lowest BCUT2D eigenvalue weighted by molar-refractivity contribution is 0.0665. The van der Waals surface area contributed by atoms with Crippen molar-refractivity contribution in [3.8, 4) is 5.75 Å². The molecule has 0 aromatic heterocycles. The molecular weight excluding hydrogens is 472 g/mol. The van der Waals surface area contributed by atoms with E-state index < -0.39 is 0 Å². The van der Waals surface area contributed by atoms with E-state index in [1.54, 1.807) is 30.3 Å². The predicted molar refractivity (Wildman–Crippen MR) is 146 cm³/mol. The maximum Gasteiger partial charge on any atom is 0.261 e. The van der Waals surface area contributed by atoms with E-state index in [1.165, 1.54) is 0 Å². The van der Waals surface area contributed by atoms with E-state index in [2.05, 4.69) is 15.5 Å². The highest BCUT2D eigenvalue weighted by molar-refractivity contribution is 7.80. The van der Waals surface area contributed by atoms with Crippen molar-refractivity contribution in [2.24, 2.45) is 0 Å². The molecule has 0 aliphatic carbocycles. The number of carbonyl (C=O) groups is 2. The topological polar surface area (TPSA) is 73.9 Å². The van der Waals surface area contributed by atoms with Crippen LogP contribution in [0.15, 0.2) is 78.9 Å². The van der Waals surface area contributed by atoms with Gasteiger partial charge in [0.2, 0.25) is 0 Å². The minimum atomic E-state index is -0.384. The van der Waals surface area contributed by atoms with Gasteiger partial charge in [-0.2, -0.15) is 0 Å².